The van der Waals surface area contributed by atoms with E-state index in [1.807, 2.05) is 54.8 Å². The second kappa shape index (κ2) is 8.99. The molecule has 0 aliphatic rings. The summed E-state index contributed by atoms with van der Waals surface area (Å²) in [4.78, 5) is 12.4. The first-order valence-corrected chi connectivity index (χ1v) is 11.7. The zero-order chi connectivity index (χ0) is 21.3. The van der Waals surface area contributed by atoms with Crippen molar-refractivity contribution in [1.29, 1.82) is 0 Å². The van der Waals surface area contributed by atoms with Crippen molar-refractivity contribution in [3.05, 3.63) is 56.6 Å². The normalized spacial score (nSPS) is 11.2. The predicted molar refractivity (Wildman–Crippen MR) is 129 cm³/mol. The molecule has 0 fully saturated rings. The lowest BCUT2D eigenvalue weighted by molar-refractivity contribution is -0.113. The largest absolute Gasteiger partial charge is 0.453 e. The molecule has 0 atom stereocenters. The van der Waals surface area contributed by atoms with Gasteiger partial charge in [0.15, 0.2) is 10.9 Å². The lowest BCUT2D eigenvalue weighted by atomic mass is 10.2. The first kappa shape index (κ1) is 21.2. The Labute approximate surface area is 196 Å². The lowest BCUT2D eigenvalue weighted by Gasteiger charge is -2.09. The molecule has 0 aliphatic carbocycles. The van der Waals surface area contributed by atoms with Crippen molar-refractivity contribution in [3.8, 4) is 11.6 Å². The Kier molecular flexibility index (Phi) is 6.35. The average molecular weight is 553 g/mol. The molecule has 0 unspecified atom stereocenters. The van der Waals surface area contributed by atoms with Gasteiger partial charge in [-0.1, -0.05) is 23.4 Å². The highest BCUT2D eigenvalue weighted by Gasteiger charge is 2.18. The number of anilines is 1. The van der Waals surface area contributed by atoms with Crippen LogP contribution < -0.4 is 5.32 Å². The quantitative estimate of drug-likeness (QED) is 0.234. The highest BCUT2D eigenvalue weighted by atomic mass is 127. The fourth-order valence-electron chi connectivity index (χ4n) is 3.07. The van der Waals surface area contributed by atoms with Crippen LogP contribution in [0.1, 0.15) is 12.5 Å². The third-order valence-corrected chi connectivity index (χ3v) is 6.40. The number of rotatable bonds is 6. The van der Waals surface area contributed by atoms with Gasteiger partial charge in [0.1, 0.15) is 5.58 Å². The molecule has 2 aromatic heterocycles. The van der Waals surface area contributed by atoms with Crippen LogP contribution in [-0.4, -0.2) is 26.4 Å². The maximum atomic E-state index is 12.4. The molecule has 6 nitrogen and oxygen atoms in total. The van der Waals surface area contributed by atoms with E-state index in [9.17, 15) is 4.79 Å². The number of aromatic nitrogens is 3. The Morgan fingerprint density at radius 3 is 2.83 bits per heavy atom. The van der Waals surface area contributed by atoms with Crippen LogP contribution in [-0.2, 0) is 11.3 Å². The highest BCUT2D eigenvalue weighted by Crippen LogP contribution is 2.30. The number of hydrogen-bond acceptors (Lipinski definition) is 5. The molecular formula is C21H18ClIN4O2S. The van der Waals surface area contributed by atoms with Gasteiger partial charge in [-0.05, 0) is 84.5 Å². The second-order valence-corrected chi connectivity index (χ2v) is 9.26. The van der Waals surface area contributed by atoms with E-state index in [2.05, 4.69) is 38.1 Å². The smallest absolute Gasteiger partial charge is 0.234 e. The number of aryl methyl sites for hydroxylation is 1. The molecule has 0 saturated carbocycles. The van der Waals surface area contributed by atoms with Gasteiger partial charge < -0.3 is 9.73 Å². The molecule has 1 N–H and O–H groups in total. The van der Waals surface area contributed by atoms with E-state index in [4.69, 9.17) is 16.0 Å². The number of thioether (sulfide) groups is 1. The zero-order valence-electron chi connectivity index (χ0n) is 16.3. The summed E-state index contributed by atoms with van der Waals surface area (Å²) in [6, 6.07) is 13.3. The van der Waals surface area contributed by atoms with E-state index in [0.717, 1.165) is 25.8 Å². The third-order valence-electron chi connectivity index (χ3n) is 4.53. The summed E-state index contributed by atoms with van der Waals surface area (Å²) in [5, 5.41) is 13.7. The number of halogens is 2. The molecule has 0 saturated heterocycles. The van der Waals surface area contributed by atoms with Crippen molar-refractivity contribution >= 4 is 68.5 Å². The van der Waals surface area contributed by atoms with Crippen LogP contribution in [0.4, 0.5) is 5.69 Å². The first-order chi connectivity index (χ1) is 14.4. The topological polar surface area (TPSA) is 73.0 Å². The molecule has 0 radical (unpaired) electrons. The molecule has 0 aliphatic heterocycles. The summed E-state index contributed by atoms with van der Waals surface area (Å²) >= 11 is 9.66. The van der Waals surface area contributed by atoms with Crippen molar-refractivity contribution in [1.82, 2.24) is 14.8 Å². The van der Waals surface area contributed by atoms with Crippen LogP contribution in [0.5, 0.6) is 0 Å². The van der Waals surface area contributed by atoms with E-state index in [1.165, 1.54) is 11.8 Å². The molecule has 4 rings (SSSR count). The van der Waals surface area contributed by atoms with Crippen LogP contribution in [0.25, 0.3) is 22.6 Å². The van der Waals surface area contributed by atoms with Gasteiger partial charge in [0.05, 0.1) is 5.75 Å². The molecule has 30 heavy (non-hydrogen) atoms. The standard InChI is InChI=1S/C21H18ClIN4O2S/c1-3-27-20(18-10-13-9-14(22)4-7-17(13)29-18)25-26-21(27)30-11-19(28)24-16-6-5-15(23)8-12(16)2/h4-10H,3,11H2,1-2H3,(H,24,28). The molecule has 4 aromatic rings. The molecule has 9 heteroatoms. The van der Waals surface area contributed by atoms with Crippen molar-refractivity contribution in [2.75, 3.05) is 11.1 Å². The van der Waals surface area contributed by atoms with Crippen LogP contribution in [0.2, 0.25) is 5.02 Å². The SMILES string of the molecule is CCn1c(SCC(=O)Nc2ccc(I)cc2C)nnc1-c1cc2cc(Cl)ccc2o1. The maximum absolute atomic E-state index is 12.4. The minimum atomic E-state index is -0.0881. The lowest BCUT2D eigenvalue weighted by Crippen LogP contribution is -2.15. The molecule has 2 heterocycles. The molecule has 154 valence electrons. The summed E-state index contributed by atoms with van der Waals surface area (Å²) in [5.41, 5.74) is 2.59. The summed E-state index contributed by atoms with van der Waals surface area (Å²) in [7, 11) is 0. The first-order valence-electron chi connectivity index (χ1n) is 9.26. The number of hydrogen-bond donors (Lipinski definition) is 1. The fraction of sp³-hybridized carbons (Fsp3) is 0.190. The number of carbonyl (C=O) groups excluding carboxylic acids is 1. The van der Waals surface area contributed by atoms with E-state index in [0.29, 0.717) is 28.3 Å². The van der Waals surface area contributed by atoms with Gasteiger partial charge in [-0.25, -0.2) is 0 Å². The van der Waals surface area contributed by atoms with Crippen LogP contribution in [0.15, 0.2) is 52.0 Å². The number of fused-ring (bicyclic) bond motifs is 1. The Morgan fingerprint density at radius 2 is 2.07 bits per heavy atom. The number of nitrogens with one attached hydrogen (secondary N) is 1. The third kappa shape index (κ3) is 4.50. The van der Waals surface area contributed by atoms with Crippen LogP contribution in [0, 0.1) is 10.5 Å². The average Bonchev–Trinajstić information content (AvgIpc) is 3.31. The predicted octanol–water partition coefficient (Wildman–Crippen LogP) is 6.01. The minimum absolute atomic E-state index is 0.0881. The molecule has 2 aromatic carbocycles. The minimum Gasteiger partial charge on any atom is -0.453 e. The van der Waals surface area contributed by atoms with Crippen molar-refractivity contribution in [2.45, 2.75) is 25.5 Å². The van der Waals surface area contributed by atoms with Crippen molar-refractivity contribution < 1.29 is 9.21 Å². The van der Waals surface area contributed by atoms with Gasteiger partial charge in [-0.15, -0.1) is 10.2 Å². The maximum Gasteiger partial charge on any atom is 0.234 e. The zero-order valence-corrected chi connectivity index (χ0v) is 20.0. The fourth-order valence-corrected chi connectivity index (χ4v) is 4.70. The van der Waals surface area contributed by atoms with Crippen molar-refractivity contribution in [2.24, 2.45) is 0 Å². The van der Waals surface area contributed by atoms with Gasteiger partial charge in [-0.3, -0.25) is 9.36 Å². The molecule has 0 spiro atoms. The Morgan fingerprint density at radius 1 is 1.23 bits per heavy atom. The Balaban J connectivity index is 1.49. The Bertz CT molecular complexity index is 1240. The monoisotopic (exact) mass is 552 g/mol. The second-order valence-electron chi connectivity index (χ2n) is 6.64. The van der Waals surface area contributed by atoms with E-state index in [1.54, 1.807) is 6.07 Å². The van der Waals surface area contributed by atoms with Gasteiger partial charge in [0.25, 0.3) is 0 Å². The van der Waals surface area contributed by atoms with Gasteiger partial charge in [0.2, 0.25) is 11.7 Å². The summed E-state index contributed by atoms with van der Waals surface area (Å²) in [6.45, 7) is 4.64. The van der Waals surface area contributed by atoms with Gasteiger partial charge >= 0.3 is 0 Å². The van der Waals surface area contributed by atoms with E-state index >= 15 is 0 Å². The summed E-state index contributed by atoms with van der Waals surface area (Å²) in [6.07, 6.45) is 0. The number of benzene rings is 2. The molecular weight excluding hydrogens is 535 g/mol. The van der Waals surface area contributed by atoms with Gasteiger partial charge in [-0.2, -0.15) is 0 Å². The molecule has 0 bridgehead atoms. The number of nitrogens with zero attached hydrogens (tertiary/aromatic N) is 3. The number of carbonyl (C=O) groups is 1. The van der Waals surface area contributed by atoms with Crippen LogP contribution in [0.3, 0.4) is 0 Å². The highest BCUT2D eigenvalue weighted by molar-refractivity contribution is 14.1. The van der Waals surface area contributed by atoms with Crippen LogP contribution >= 0.6 is 46.0 Å². The van der Waals surface area contributed by atoms with E-state index in [-0.39, 0.29) is 11.7 Å². The van der Waals surface area contributed by atoms with Gasteiger partial charge in [0, 0.05) is 26.2 Å². The Hall–Kier alpha value is -2.04. The summed E-state index contributed by atoms with van der Waals surface area (Å²) in [5.74, 6) is 1.39. The summed E-state index contributed by atoms with van der Waals surface area (Å²) < 4.78 is 8.99. The number of amides is 1. The van der Waals surface area contributed by atoms with Crippen molar-refractivity contribution in [3.63, 3.8) is 0 Å². The number of furan rings is 1. The van der Waals surface area contributed by atoms with E-state index < -0.39 is 0 Å². The molecule has 1 amide bonds.